The van der Waals surface area contributed by atoms with E-state index < -0.39 is 17.6 Å². The van der Waals surface area contributed by atoms with Crippen molar-refractivity contribution in [2.45, 2.75) is 89.9 Å². The summed E-state index contributed by atoms with van der Waals surface area (Å²) in [6, 6.07) is 0.969. The number of hydrogen-bond acceptors (Lipinski definition) is 4. The average Bonchev–Trinajstić information content (AvgIpc) is 3.00. The zero-order valence-electron chi connectivity index (χ0n) is 16.9. The fourth-order valence-corrected chi connectivity index (χ4v) is 3.84. The standard InChI is InChI=1S/C21H35N3O3/c1-4-5-6-7-9-24-10-8-16-14-23-17(12-18(16)24)13-21(27,20(25)26)19(22)11-15(2)3/h8,10,14-15,17,19,27H,4-7,9,11-13,22H2,1-3H3,(H,25,26)/t17?,19-,21+/m0/s1. The van der Waals surface area contributed by atoms with E-state index in [0.29, 0.717) is 12.8 Å². The van der Waals surface area contributed by atoms with Gasteiger partial charge in [-0.25, -0.2) is 4.79 Å². The number of hydrogen-bond donors (Lipinski definition) is 3. The summed E-state index contributed by atoms with van der Waals surface area (Å²) in [7, 11) is 0. The van der Waals surface area contributed by atoms with Gasteiger partial charge in [0.25, 0.3) is 0 Å². The van der Waals surface area contributed by atoms with Gasteiger partial charge in [-0.3, -0.25) is 4.99 Å². The van der Waals surface area contributed by atoms with Gasteiger partial charge in [0.15, 0.2) is 5.60 Å². The van der Waals surface area contributed by atoms with E-state index in [9.17, 15) is 15.0 Å². The lowest BCUT2D eigenvalue weighted by atomic mass is 9.82. The minimum absolute atomic E-state index is 0.0349. The first-order valence-corrected chi connectivity index (χ1v) is 10.2. The molecular formula is C21H35N3O3. The minimum Gasteiger partial charge on any atom is -0.479 e. The molecule has 0 saturated heterocycles. The molecule has 27 heavy (non-hydrogen) atoms. The molecule has 0 aliphatic carbocycles. The summed E-state index contributed by atoms with van der Waals surface area (Å²) in [5.41, 5.74) is 6.39. The molecule has 4 N–H and O–H groups in total. The van der Waals surface area contributed by atoms with E-state index in [0.717, 1.165) is 18.5 Å². The van der Waals surface area contributed by atoms with Crippen molar-refractivity contribution in [2.75, 3.05) is 0 Å². The van der Waals surface area contributed by atoms with E-state index in [2.05, 4.69) is 28.7 Å². The molecule has 1 aliphatic rings. The highest BCUT2D eigenvalue weighted by Gasteiger charge is 2.44. The number of aliphatic carboxylic acids is 1. The topological polar surface area (TPSA) is 101 Å². The Hall–Kier alpha value is -1.66. The molecule has 0 aromatic carbocycles. The van der Waals surface area contributed by atoms with Crippen LogP contribution < -0.4 is 5.73 Å². The van der Waals surface area contributed by atoms with Crippen LogP contribution >= 0.6 is 0 Å². The molecule has 2 rings (SSSR count). The Labute approximate surface area is 162 Å². The second-order valence-corrected chi connectivity index (χ2v) is 8.28. The quantitative estimate of drug-likeness (QED) is 0.516. The Morgan fingerprint density at radius 3 is 2.78 bits per heavy atom. The molecular weight excluding hydrogens is 342 g/mol. The van der Waals surface area contributed by atoms with Crippen molar-refractivity contribution in [3.05, 3.63) is 23.5 Å². The summed E-state index contributed by atoms with van der Waals surface area (Å²) in [5.74, 6) is -1.04. The van der Waals surface area contributed by atoms with Gasteiger partial charge in [-0.1, -0.05) is 40.0 Å². The molecule has 0 saturated carbocycles. The number of rotatable bonds is 11. The van der Waals surface area contributed by atoms with Gasteiger partial charge in [0, 0.05) is 49.1 Å². The van der Waals surface area contributed by atoms with E-state index in [1.165, 1.54) is 25.0 Å². The number of aliphatic imine (C=N–C) groups is 1. The van der Waals surface area contributed by atoms with Crippen LogP contribution in [0.4, 0.5) is 0 Å². The van der Waals surface area contributed by atoms with Crippen LogP contribution in [0.25, 0.3) is 0 Å². The molecule has 0 radical (unpaired) electrons. The molecule has 0 spiro atoms. The van der Waals surface area contributed by atoms with Gasteiger partial charge in [-0.15, -0.1) is 0 Å². The Morgan fingerprint density at radius 2 is 2.15 bits per heavy atom. The predicted octanol–water partition coefficient (Wildman–Crippen LogP) is 2.99. The summed E-state index contributed by atoms with van der Waals surface area (Å²) in [4.78, 5) is 16.3. The maximum absolute atomic E-state index is 11.8. The van der Waals surface area contributed by atoms with E-state index in [4.69, 9.17) is 5.73 Å². The number of unbranched alkanes of at least 4 members (excludes halogenated alkanes) is 3. The number of carboxylic acids is 1. The van der Waals surface area contributed by atoms with E-state index >= 15 is 0 Å². The molecule has 2 heterocycles. The normalized spacial score (nSPS) is 19.7. The number of aromatic nitrogens is 1. The van der Waals surface area contributed by atoms with Gasteiger partial charge >= 0.3 is 5.97 Å². The third-order valence-corrected chi connectivity index (χ3v) is 5.48. The fourth-order valence-electron chi connectivity index (χ4n) is 3.84. The van der Waals surface area contributed by atoms with Gasteiger partial charge in [0.1, 0.15) is 0 Å². The Balaban J connectivity index is 2.07. The number of fused-ring (bicyclic) bond motifs is 1. The zero-order chi connectivity index (χ0) is 20.0. The highest BCUT2D eigenvalue weighted by molar-refractivity contribution is 5.83. The number of carboxylic acid groups (broad SMARTS) is 1. The van der Waals surface area contributed by atoms with Gasteiger partial charge in [0.05, 0.1) is 6.04 Å². The second kappa shape index (κ2) is 9.51. The molecule has 152 valence electrons. The van der Waals surface area contributed by atoms with Gasteiger partial charge in [0.2, 0.25) is 0 Å². The SMILES string of the molecule is CCCCCCn1ccc2c1CC(C[C@](O)(C(=O)O)[C@@H](N)CC(C)C)N=C2. The molecule has 6 nitrogen and oxygen atoms in total. The van der Waals surface area contributed by atoms with E-state index in [-0.39, 0.29) is 18.4 Å². The van der Waals surface area contributed by atoms with Gasteiger partial charge in [-0.2, -0.15) is 0 Å². The number of nitrogens with zero attached hydrogens (tertiary/aromatic N) is 2. The van der Waals surface area contributed by atoms with Crippen LogP contribution in [0, 0.1) is 5.92 Å². The van der Waals surface area contributed by atoms with Crippen LogP contribution in [-0.2, 0) is 17.8 Å². The van der Waals surface area contributed by atoms with Crippen molar-refractivity contribution in [2.24, 2.45) is 16.6 Å². The first-order chi connectivity index (χ1) is 12.8. The van der Waals surface area contributed by atoms with Crippen molar-refractivity contribution in [1.29, 1.82) is 0 Å². The van der Waals surface area contributed by atoms with Crippen LogP contribution in [0.15, 0.2) is 17.3 Å². The first kappa shape index (κ1) is 21.6. The summed E-state index contributed by atoms with van der Waals surface area (Å²) < 4.78 is 2.25. The van der Waals surface area contributed by atoms with Gasteiger partial charge in [-0.05, 0) is 24.8 Å². The van der Waals surface area contributed by atoms with Crippen LogP contribution in [0.5, 0.6) is 0 Å². The molecule has 1 aromatic heterocycles. The Bertz CT molecular complexity index is 653. The maximum atomic E-state index is 11.8. The highest BCUT2D eigenvalue weighted by atomic mass is 16.4. The number of nitrogens with two attached hydrogens (primary N) is 1. The van der Waals surface area contributed by atoms with Crippen molar-refractivity contribution in [1.82, 2.24) is 4.57 Å². The number of aliphatic hydroxyl groups is 1. The van der Waals surface area contributed by atoms with Crippen LogP contribution in [0.2, 0.25) is 0 Å². The fraction of sp³-hybridized carbons (Fsp3) is 0.714. The molecule has 3 atom stereocenters. The Kier molecular flexibility index (Phi) is 7.62. The lowest BCUT2D eigenvalue weighted by Crippen LogP contribution is -2.56. The van der Waals surface area contributed by atoms with Crippen LogP contribution in [-0.4, -0.2) is 44.6 Å². The van der Waals surface area contributed by atoms with E-state index in [1.807, 2.05) is 20.1 Å². The lowest BCUT2D eigenvalue weighted by Gasteiger charge is -2.33. The minimum atomic E-state index is -1.96. The predicted molar refractivity (Wildman–Crippen MR) is 108 cm³/mol. The molecule has 1 aliphatic heterocycles. The Morgan fingerprint density at radius 1 is 1.41 bits per heavy atom. The molecule has 0 amide bonds. The molecule has 6 heteroatoms. The second-order valence-electron chi connectivity index (χ2n) is 8.28. The van der Waals surface area contributed by atoms with Crippen molar-refractivity contribution in [3.63, 3.8) is 0 Å². The molecule has 0 fully saturated rings. The van der Waals surface area contributed by atoms with Crippen molar-refractivity contribution < 1.29 is 15.0 Å². The summed E-state index contributed by atoms with van der Waals surface area (Å²) in [6.45, 7) is 7.11. The van der Waals surface area contributed by atoms with Crippen LogP contribution in [0.3, 0.4) is 0 Å². The summed E-state index contributed by atoms with van der Waals surface area (Å²) >= 11 is 0. The summed E-state index contributed by atoms with van der Waals surface area (Å²) in [5, 5.41) is 20.5. The zero-order valence-corrected chi connectivity index (χ0v) is 16.9. The highest BCUT2D eigenvalue weighted by Crippen LogP contribution is 2.28. The molecule has 1 unspecified atom stereocenters. The monoisotopic (exact) mass is 377 g/mol. The number of aryl methyl sites for hydroxylation is 1. The maximum Gasteiger partial charge on any atom is 0.337 e. The van der Waals surface area contributed by atoms with E-state index in [1.54, 1.807) is 0 Å². The number of carbonyl (C=O) groups is 1. The summed E-state index contributed by atoms with van der Waals surface area (Å²) in [6.07, 6.45) is 9.82. The third kappa shape index (κ3) is 5.42. The third-order valence-electron chi connectivity index (χ3n) is 5.48. The average molecular weight is 378 g/mol. The van der Waals surface area contributed by atoms with Crippen molar-refractivity contribution >= 4 is 12.2 Å². The van der Waals surface area contributed by atoms with Crippen LogP contribution in [0.1, 0.15) is 70.6 Å². The molecule has 0 bridgehead atoms. The first-order valence-electron chi connectivity index (χ1n) is 10.2. The lowest BCUT2D eigenvalue weighted by molar-refractivity contribution is -0.162. The van der Waals surface area contributed by atoms with Crippen molar-refractivity contribution in [3.8, 4) is 0 Å². The smallest absolute Gasteiger partial charge is 0.337 e. The largest absolute Gasteiger partial charge is 0.479 e. The van der Waals surface area contributed by atoms with Gasteiger partial charge < -0.3 is 20.5 Å². The molecule has 1 aromatic rings.